The first-order valence-corrected chi connectivity index (χ1v) is 6.84. The second kappa shape index (κ2) is 6.51. The molecular weight excluding hydrogens is 260 g/mol. The van der Waals surface area contributed by atoms with E-state index in [4.69, 9.17) is 4.74 Å². The Labute approximate surface area is 117 Å². The summed E-state index contributed by atoms with van der Waals surface area (Å²) in [5, 5.41) is 17.0. The van der Waals surface area contributed by atoms with Crippen molar-refractivity contribution in [3.63, 3.8) is 0 Å². The van der Waals surface area contributed by atoms with Crippen molar-refractivity contribution >= 4 is 17.3 Å². The van der Waals surface area contributed by atoms with Gasteiger partial charge in [-0.2, -0.15) is 0 Å². The molecule has 2 atom stereocenters. The predicted molar refractivity (Wildman–Crippen MR) is 77.1 cm³/mol. The lowest BCUT2D eigenvalue weighted by molar-refractivity contribution is -0.384. The summed E-state index contributed by atoms with van der Waals surface area (Å²) in [6.07, 6.45) is 2.16. The van der Waals surface area contributed by atoms with Gasteiger partial charge in [0.15, 0.2) is 0 Å². The van der Waals surface area contributed by atoms with Gasteiger partial charge in [0, 0.05) is 32.2 Å². The van der Waals surface area contributed by atoms with Gasteiger partial charge in [0.25, 0.3) is 0 Å². The summed E-state index contributed by atoms with van der Waals surface area (Å²) in [5.41, 5.74) is -0.00374. The zero-order valence-electron chi connectivity index (χ0n) is 11.8. The Bertz CT molecular complexity index is 481. The fourth-order valence-corrected chi connectivity index (χ4v) is 2.47. The topological polar surface area (TPSA) is 89.3 Å². The van der Waals surface area contributed by atoms with E-state index in [1.165, 1.54) is 6.07 Å². The van der Waals surface area contributed by atoms with Crippen LogP contribution in [0.3, 0.4) is 0 Å². The van der Waals surface area contributed by atoms with E-state index in [-0.39, 0.29) is 11.8 Å². The molecule has 0 spiro atoms. The molecule has 7 nitrogen and oxygen atoms in total. The third kappa shape index (κ3) is 3.16. The van der Waals surface area contributed by atoms with E-state index < -0.39 is 4.92 Å². The summed E-state index contributed by atoms with van der Waals surface area (Å²) >= 11 is 0. The van der Waals surface area contributed by atoms with Crippen molar-refractivity contribution < 1.29 is 9.66 Å². The van der Waals surface area contributed by atoms with E-state index in [0.29, 0.717) is 24.1 Å². The Morgan fingerprint density at radius 2 is 2.35 bits per heavy atom. The molecule has 1 fully saturated rings. The molecule has 1 aromatic heterocycles. The van der Waals surface area contributed by atoms with Gasteiger partial charge in [0.2, 0.25) is 5.82 Å². The van der Waals surface area contributed by atoms with Gasteiger partial charge in [-0.3, -0.25) is 10.1 Å². The Hall–Kier alpha value is -1.89. The van der Waals surface area contributed by atoms with E-state index in [1.54, 1.807) is 13.1 Å². The third-order valence-electron chi connectivity index (χ3n) is 3.61. The van der Waals surface area contributed by atoms with Crippen LogP contribution in [0.2, 0.25) is 0 Å². The molecule has 20 heavy (non-hydrogen) atoms. The van der Waals surface area contributed by atoms with Crippen LogP contribution in [-0.2, 0) is 4.74 Å². The van der Waals surface area contributed by atoms with Crippen LogP contribution < -0.4 is 10.6 Å². The van der Waals surface area contributed by atoms with E-state index in [1.807, 2.05) is 0 Å². The van der Waals surface area contributed by atoms with Crippen LogP contribution in [0.5, 0.6) is 0 Å². The van der Waals surface area contributed by atoms with Crippen LogP contribution in [0.1, 0.15) is 19.8 Å². The average molecular weight is 280 g/mol. The summed E-state index contributed by atoms with van der Waals surface area (Å²) in [6, 6.07) is 3.06. The van der Waals surface area contributed by atoms with Gasteiger partial charge >= 0.3 is 5.69 Å². The average Bonchev–Trinajstić information content (AvgIpc) is 2.91. The maximum atomic E-state index is 11.0. The maximum Gasteiger partial charge on any atom is 0.311 e. The highest BCUT2D eigenvalue weighted by Gasteiger charge is 2.27. The second-order valence-electron chi connectivity index (χ2n) is 4.82. The molecule has 0 amide bonds. The third-order valence-corrected chi connectivity index (χ3v) is 3.61. The number of aromatic nitrogens is 1. The largest absolute Gasteiger partial charge is 0.378 e. The van der Waals surface area contributed by atoms with Crippen LogP contribution in [0.4, 0.5) is 17.3 Å². The number of hydrogen-bond acceptors (Lipinski definition) is 6. The molecule has 2 N–H and O–H groups in total. The molecule has 7 heteroatoms. The summed E-state index contributed by atoms with van der Waals surface area (Å²) in [5.74, 6) is 1.29. The molecule has 1 aliphatic heterocycles. The normalized spacial score (nSPS) is 21.7. The van der Waals surface area contributed by atoms with Crippen LogP contribution >= 0.6 is 0 Å². The molecule has 0 saturated carbocycles. The highest BCUT2D eigenvalue weighted by molar-refractivity contribution is 5.60. The minimum absolute atomic E-state index is 0.00374. The van der Waals surface area contributed by atoms with Crippen LogP contribution in [0.25, 0.3) is 0 Å². The summed E-state index contributed by atoms with van der Waals surface area (Å²) in [7, 11) is 1.73. The first-order valence-electron chi connectivity index (χ1n) is 6.84. The molecule has 110 valence electrons. The van der Waals surface area contributed by atoms with Gasteiger partial charge in [-0.1, -0.05) is 6.92 Å². The Kier molecular flexibility index (Phi) is 4.73. The van der Waals surface area contributed by atoms with Crippen molar-refractivity contribution in [1.29, 1.82) is 0 Å². The number of nitrogens with one attached hydrogen (secondary N) is 2. The Morgan fingerprint density at radius 3 is 3.00 bits per heavy atom. The van der Waals surface area contributed by atoms with Gasteiger partial charge in [0.1, 0.15) is 5.82 Å². The molecule has 0 bridgehead atoms. The van der Waals surface area contributed by atoms with Gasteiger partial charge in [-0.15, -0.1) is 0 Å². The van der Waals surface area contributed by atoms with Crippen LogP contribution in [0, 0.1) is 16.0 Å². The fourth-order valence-electron chi connectivity index (χ4n) is 2.47. The molecule has 1 saturated heterocycles. The van der Waals surface area contributed by atoms with Crippen LogP contribution in [0.15, 0.2) is 12.1 Å². The number of rotatable bonds is 6. The van der Waals surface area contributed by atoms with Crippen molar-refractivity contribution in [1.82, 2.24) is 4.98 Å². The molecule has 1 aliphatic rings. The minimum Gasteiger partial charge on any atom is -0.378 e. The molecular formula is C13H20N4O3. The smallest absolute Gasteiger partial charge is 0.311 e. The van der Waals surface area contributed by atoms with Crippen LogP contribution in [-0.4, -0.2) is 36.2 Å². The highest BCUT2D eigenvalue weighted by atomic mass is 16.6. The molecule has 2 heterocycles. The Balaban J connectivity index is 2.09. The summed E-state index contributed by atoms with van der Waals surface area (Å²) < 4.78 is 5.62. The van der Waals surface area contributed by atoms with Crippen molar-refractivity contribution in [3.8, 4) is 0 Å². The SMILES string of the molecule is CCC1OCCC1CNc1nc(NC)ccc1[N+](=O)[O-]. The first kappa shape index (κ1) is 14.5. The quantitative estimate of drug-likeness (QED) is 0.613. The summed E-state index contributed by atoms with van der Waals surface area (Å²) in [4.78, 5) is 14.8. The number of nitrogens with zero attached hydrogens (tertiary/aromatic N) is 2. The lowest BCUT2D eigenvalue weighted by Crippen LogP contribution is -2.23. The summed E-state index contributed by atoms with van der Waals surface area (Å²) in [6.45, 7) is 3.49. The first-order chi connectivity index (χ1) is 9.65. The van der Waals surface area contributed by atoms with Gasteiger partial charge < -0.3 is 15.4 Å². The van der Waals surface area contributed by atoms with Gasteiger partial charge in [0.05, 0.1) is 11.0 Å². The number of ether oxygens (including phenoxy) is 1. The molecule has 0 radical (unpaired) electrons. The molecule has 2 rings (SSSR count). The van der Waals surface area contributed by atoms with Crippen molar-refractivity contribution in [2.75, 3.05) is 30.8 Å². The molecule has 1 aromatic rings. The zero-order valence-corrected chi connectivity index (χ0v) is 11.8. The van der Waals surface area contributed by atoms with E-state index in [2.05, 4.69) is 22.5 Å². The number of hydrogen-bond donors (Lipinski definition) is 2. The Morgan fingerprint density at radius 1 is 1.55 bits per heavy atom. The maximum absolute atomic E-state index is 11.0. The fraction of sp³-hybridized carbons (Fsp3) is 0.615. The van der Waals surface area contributed by atoms with E-state index in [0.717, 1.165) is 19.4 Å². The van der Waals surface area contributed by atoms with Crippen molar-refractivity contribution in [2.45, 2.75) is 25.9 Å². The number of nitro groups is 1. The molecule has 0 aromatic carbocycles. The molecule has 0 aliphatic carbocycles. The molecule has 2 unspecified atom stereocenters. The lowest BCUT2D eigenvalue weighted by Gasteiger charge is -2.17. The predicted octanol–water partition coefficient (Wildman–Crippen LogP) is 2.26. The highest BCUT2D eigenvalue weighted by Crippen LogP contribution is 2.27. The second-order valence-corrected chi connectivity index (χ2v) is 4.82. The van der Waals surface area contributed by atoms with Gasteiger partial charge in [-0.05, 0) is 18.9 Å². The van der Waals surface area contributed by atoms with Crippen molar-refractivity contribution in [2.24, 2.45) is 5.92 Å². The monoisotopic (exact) mass is 280 g/mol. The lowest BCUT2D eigenvalue weighted by atomic mass is 10.00. The number of pyridine rings is 1. The van der Waals surface area contributed by atoms with E-state index >= 15 is 0 Å². The minimum atomic E-state index is -0.419. The number of anilines is 2. The van der Waals surface area contributed by atoms with Gasteiger partial charge in [-0.25, -0.2) is 4.98 Å². The zero-order chi connectivity index (χ0) is 14.5. The standard InChI is InChI=1S/C13H20N4O3/c1-3-11-9(6-7-20-11)8-15-13-10(17(18)19)4-5-12(14-2)16-13/h4-5,9,11H,3,6-8H2,1-2H3,(H2,14,15,16). The van der Waals surface area contributed by atoms with Crippen molar-refractivity contribution in [3.05, 3.63) is 22.2 Å². The van der Waals surface area contributed by atoms with E-state index in [9.17, 15) is 10.1 Å².